The maximum atomic E-state index is 12.0. The number of nitrogens with zero attached hydrogens (tertiary/aromatic N) is 2. The van der Waals surface area contributed by atoms with Crippen LogP contribution in [0, 0.1) is 13.8 Å². The molecule has 0 bridgehead atoms. The molecule has 1 heterocycles. The Morgan fingerprint density at radius 3 is 2.70 bits per heavy atom. The topological polar surface area (TPSA) is 90.0 Å². The summed E-state index contributed by atoms with van der Waals surface area (Å²) in [4.78, 5) is 27.5. The molecular weight excluding hydrogens is 256 g/mol. The molecule has 1 aromatic heterocycles. The van der Waals surface area contributed by atoms with Crippen LogP contribution >= 0.6 is 0 Å². The highest BCUT2D eigenvalue weighted by Gasteiger charge is 2.09. The number of aryl methyl sites for hydroxylation is 2. The Hall–Kier alpha value is -2.63. The Bertz CT molecular complexity index is 707. The number of amides is 1. The van der Waals surface area contributed by atoms with Crippen LogP contribution in [0.2, 0.25) is 0 Å². The molecule has 1 amide bonds. The number of nitrogens with one attached hydrogen (secondary N) is 1. The van der Waals surface area contributed by atoms with E-state index < -0.39 is 5.69 Å². The Balaban J connectivity index is 2.17. The fourth-order valence-electron chi connectivity index (χ4n) is 1.91. The molecule has 0 spiro atoms. The van der Waals surface area contributed by atoms with E-state index in [0.29, 0.717) is 22.8 Å². The number of aromatic nitrogens is 2. The van der Waals surface area contributed by atoms with E-state index in [0.717, 1.165) is 0 Å². The fourth-order valence-corrected chi connectivity index (χ4v) is 1.91. The molecule has 0 aliphatic rings. The second-order valence-electron chi connectivity index (χ2n) is 4.54. The van der Waals surface area contributed by atoms with E-state index in [1.807, 2.05) is 0 Å². The second kappa shape index (κ2) is 5.56. The maximum Gasteiger partial charge on any atom is 0.348 e. The SMILES string of the molecule is Cc1cc(C)n(CC(=O)Nc2ccccc2N)c(=O)n1. The number of nitrogen functional groups attached to an aromatic ring is 1. The quantitative estimate of drug-likeness (QED) is 0.818. The van der Waals surface area contributed by atoms with Gasteiger partial charge < -0.3 is 11.1 Å². The van der Waals surface area contributed by atoms with Gasteiger partial charge in [0, 0.05) is 11.4 Å². The average molecular weight is 272 g/mol. The normalized spacial score (nSPS) is 10.3. The average Bonchev–Trinajstić information content (AvgIpc) is 2.36. The monoisotopic (exact) mass is 272 g/mol. The third kappa shape index (κ3) is 3.03. The minimum atomic E-state index is -0.432. The van der Waals surface area contributed by atoms with Crippen LogP contribution in [0.25, 0.3) is 0 Å². The molecule has 2 aromatic rings. The van der Waals surface area contributed by atoms with E-state index in [4.69, 9.17) is 5.73 Å². The molecule has 6 nitrogen and oxygen atoms in total. The summed E-state index contributed by atoms with van der Waals surface area (Å²) in [6.07, 6.45) is 0. The van der Waals surface area contributed by atoms with Crippen LogP contribution in [0.3, 0.4) is 0 Å². The Kier molecular flexibility index (Phi) is 3.84. The van der Waals surface area contributed by atoms with Gasteiger partial charge in [0.05, 0.1) is 11.4 Å². The molecule has 20 heavy (non-hydrogen) atoms. The number of hydrogen-bond donors (Lipinski definition) is 2. The first-order chi connectivity index (χ1) is 9.47. The number of carbonyl (C=O) groups excluding carboxylic acids is 1. The molecule has 0 aliphatic carbocycles. The summed E-state index contributed by atoms with van der Waals surface area (Å²) < 4.78 is 1.32. The summed E-state index contributed by atoms with van der Waals surface area (Å²) in [6, 6.07) is 8.71. The van der Waals surface area contributed by atoms with Gasteiger partial charge >= 0.3 is 5.69 Å². The molecule has 6 heteroatoms. The van der Waals surface area contributed by atoms with Crippen LogP contribution in [0.4, 0.5) is 11.4 Å². The number of benzene rings is 1. The summed E-state index contributed by atoms with van der Waals surface area (Å²) in [5.41, 5.74) is 7.65. The lowest BCUT2D eigenvalue weighted by molar-refractivity contribution is -0.116. The van der Waals surface area contributed by atoms with Gasteiger partial charge in [0.15, 0.2) is 0 Å². The number of para-hydroxylation sites is 2. The van der Waals surface area contributed by atoms with E-state index >= 15 is 0 Å². The van der Waals surface area contributed by atoms with Gasteiger partial charge in [-0.1, -0.05) is 12.1 Å². The van der Waals surface area contributed by atoms with Crippen LogP contribution in [-0.2, 0) is 11.3 Å². The number of anilines is 2. The van der Waals surface area contributed by atoms with Crippen molar-refractivity contribution >= 4 is 17.3 Å². The van der Waals surface area contributed by atoms with Crippen LogP contribution in [0.5, 0.6) is 0 Å². The first-order valence-electron chi connectivity index (χ1n) is 6.17. The van der Waals surface area contributed by atoms with E-state index in [1.54, 1.807) is 44.2 Å². The van der Waals surface area contributed by atoms with Crippen molar-refractivity contribution in [1.82, 2.24) is 9.55 Å². The molecule has 0 fully saturated rings. The standard InChI is InChI=1S/C14H16N4O2/c1-9-7-10(2)18(14(20)16-9)8-13(19)17-12-6-4-3-5-11(12)15/h3-7H,8,15H2,1-2H3,(H,17,19). The van der Waals surface area contributed by atoms with Gasteiger partial charge in [-0.25, -0.2) is 4.79 Å². The number of rotatable bonds is 3. The zero-order valence-corrected chi connectivity index (χ0v) is 11.4. The van der Waals surface area contributed by atoms with Crippen molar-refractivity contribution in [3.63, 3.8) is 0 Å². The summed E-state index contributed by atoms with van der Waals surface area (Å²) in [5.74, 6) is -0.321. The molecule has 0 radical (unpaired) electrons. The van der Waals surface area contributed by atoms with Crippen LogP contribution in [-0.4, -0.2) is 15.5 Å². The number of nitrogens with two attached hydrogens (primary N) is 1. The smallest absolute Gasteiger partial charge is 0.348 e. The van der Waals surface area contributed by atoms with Crippen LogP contribution in [0.1, 0.15) is 11.4 Å². The van der Waals surface area contributed by atoms with Gasteiger partial charge in [-0.2, -0.15) is 4.98 Å². The van der Waals surface area contributed by atoms with E-state index in [2.05, 4.69) is 10.3 Å². The van der Waals surface area contributed by atoms with E-state index in [-0.39, 0.29) is 12.5 Å². The van der Waals surface area contributed by atoms with Crippen LogP contribution < -0.4 is 16.7 Å². The minimum absolute atomic E-state index is 0.0910. The summed E-state index contributed by atoms with van der Waals surface area (Å²) >= 11 is 0. The third-order valence-electron chi connectivity index (χ3n) is 2.88. The fraction of sp³-hybridized carbons (Fsp3) is 0.214. The summed E-state index contributed by atoms with van der Waals surface area (Å²) in [5, 5.41) is 2.68. The summed E-state index contributed by atoms with van der Waals surface area (Å²) in [6.45, 7) is 3.41. The third-order valence-corrected chi connectivity index (χ3v) is 2.88. The largest absolute Gasteiger partial charge is 0.397 e. The molecule has 0 saturated carbocycles. The van der Waals surface area contributed by atoms with Crippen molar-refractivity contribution in [2.24, 2.45) is 0 Å². The lowest BCUT2D eigenvalue weighted by atomic mass is 10.2. The molecule has 2 rings (SSSR count). The molecule has 1 aromatic carbocycles. The predicted octanol–water partition coefficient (Wildman–Crippen LogP) is 1.08. The second-order valence-corrected chi connectivity index (χ2v) is 4.54. The highest BCUT2D eigenvalue weighted by molar-refractivity contribution is 5.93. The van der Waals surface area contributed by atoms with Crippen molar-refractivity contribution in [2.45, 2.75) is 20.4 Å². The maximum absolute atomic E-state index is 12.0. The van der Waals surface area contributed by atoms with Gasteiger partial charge in [-0.05, 0) is 32.0 Å². The van der Waals surface area contributed by atoms with Gasteiger partial charge in [-0.3, -0.25) is 9.36 Å². The van der Waals surface area contributed by atoms with Crippen molar-refractivity contribution in [3.05, 3.63) is 52.2 Å². The van der Waals surface area contributed by atoms with Gasteiger partial charge in [-0.15, -0.1) is 0 Å². The summed E-state index contributed by atoms with van der Waals surface area (Å²) in [7, 11) is 0. The number of hydrogen-bond acceptors (Lipinski definition) is 4. The Morgan fingerprint density at radius 1 is 1.35 bits per heavy atom. The van der Waals surface area contributed by atoms with E-state index in [9.17, 15) is 9.59 Å². The zero-order chi connectivity index (χ0) is 14.7. The van der Waals surface area contributed by atoms with Gasteiger partial charge in [0.2, 0.25) is 5.91 Å². The van der Waals surface area contributed by atoms with Crippen molar-refractivity contribution in [2.75, 3.05) is 11.1 Å². The zero-order valence-electron chi connectivity index (χ0n) is 11.4. The Morgan fingerprint density at radius 2 is 2.05 bits per heavy atom. The first kappa shape index (κ1) is 13.8. The van der Waals surface area contributed by atoms with Crippen molar-refractivity contribution in [3.8, 4) is 0 Å². The minimum Gasteiger partial charge on any atom is -0.397 e. The molecular formula is C14H16N4O2. The molecule has 104 valence electrons. The Labute approximate surface area is 116 Å². The van der Waals surface area contributed by atoms with Crippen molar-refractivity contribution in [1.29, 1.82) is 0 Å². The van der Waals surface area contributed by atoms with Gasteiger partial charge in [0.25, 0.3) is 0 Å². The lowest BCUT2D eigenvalue weighted by Gasteiger charge is -2.11. The number of carbonyl (C=O) groups is 1. The van der Waals surface area contributed by atoms with E-state index in [1.165, 1.54) is 4.57 Å². The highest BCUT2D eigenvalue weighted by Crippen LogP contribution is 2.16. The first-order valence-corrected chi connectivity index (χ1v) is 6.17. The van der Waals surface area contributed by atoms with Gasteiger partial charge in [0.1, 0.15) is 6.54 Å². The molecule has 3 N–H and O–H groups in total. The molecule has 0 unspecified atom stereocenters. The molecule has 0 atom stereocenters. The van der Waals surface area contributed by atoms with Crippen LogP contribution in [0.15, 0.2) is 35.1 Å². The molecule has 0 saturated heterocycles. The predicted molar refractivity (Wildman–Crippen MR) is 77.5 cm³/mol. The lowest BCUT2D eigenvalue weighted by Crippen LogP contribution is -2.31. The highest BCUT2D eigenvalue weighted by atomic mass is 16.2. The van der Waals surface area contributed by atoms with Crippen molar-refractivity contribution < 1.29 is 4.79 Å². The molecule has 0 aliphatic heterocycles.